The molecule has 0 aliphatic heterocycles. The minimum Gasteiger partial charge on any atom is -0.424 e. The van der Waals surface area contributed by atoms with Crippen molar-refractivity contribution in [2.24, 2.45) is 0 Å². The quantitative estimate of drug-likeness (QED) is 0.680. The third-order valence-corrected chi connectivity index (χ3v) is 1.69. The Bertz CT molecular complexity index is 370. The van der Waals surface area contributed by atoms with Gasteiger partial charge in [-0.25, -0.2) is 6.57 Å². The Kier molecular flexibility index (Phi) is 3.52. The number of hydrogen-bond acceptors (Lipinski definition) is 2. The molecule has 0 aromatic heterocycles. The fourth-order valence-electron chi connectivity index (χ4n) is 1.00. The first kappa shape index (κ1) is 10.1. The number of nitrogens with zero attached hydrogens (tertiary/aromatic N) is 2. The number of benzene rings is 1. The van der Waals surface area contributed by atoms with Gasteiger partial charge in [-0.1, -0.05) is 12.1 Å². The molecule has 0 aliphatic rings. The zero-order chi connectivity index (χ0) is 10.4. The van der Waals surface area contributed by atoms with Gasteiger partial charge in [-0.15, -0.1) is 0 Å². The summed E-state index contributed by atoms with van der Waals surface area (Å²) in [4.78, 5) is 3.22. The van der Waals surface area contributed by atoms with Crippen molar-refractivity contribution in [2.45, 2.75) is 19.6 Å². The standard InChI is InChI=1S/C11H10N2O/c1-9(13-2)14-11-5-3-10(4-6-11)7-8-12/h3-6,9H,7H2,1H3. The van der Waals surface area contributed by atoms with E-state index in [1.165, 1.54) is 0 Å². The van der Waals surface area contributed by atoms with Gasteiger partial charge in [-0.2, -0.15) is 5.26 Å². The van der Waals surface area contributed by atoms with Gasteiger partial charge in [0.05, 0.1) is 19.4 Å². The van der Waals surface area contributed by atoms with Gasteiger partial charge in [-0.3, -0.25) is 4.85 Å². The van der Waals surface area contributed by atoms with Gasteiger partial charge < -0.3 is 4.74 Å². The monoisotopic (exact) mass is 186 g/mol. The van der Waals surface area contributed by atoms with Gasteiger partial charge in [0.2, 0.25) is 0 Å². The highest BCUT2D eigenvalue weighted by molar-refractivity contribution is 5.28. The van der Waals surface area contributed by atoms with Crippen LogP contribution in [0, 0.1) is 17.9 Å². The van der Waals surface area contributed by atoms with Gasteiger partial charge in [0.15, 0.2) is 0 Å². The second-order valence-corrected chi connectivity index (χ2v) is 2.83. The molecule has 0 fully saturated rings. The second-order valence-electron chi connectivity index (χ2n) is 2.83. The molecule has 3 nitrogen and oxygen atoms in total. The Morgan fingerprint density at radius 3 is 2.64 bits per heavy atom. The topological polar surface area (TPSA) is 37.4 Å². The Hall–Kier alpha value is -2.00. The number of rotatable bonds is 3. The summed E-state index contributed by atoms with van der Waals surface area (Å²) >= 11 is 0. The lowest BCUT2D eigenvalue weighted by molar-refractivity contribution is 0.267. The summed E-state index contributed by atoms with van der Waals surface area (Å²) in [5, 5.41) is 8.45. The molecule has 1 atom stereocenters. The van der Waals surface area contributed by atoms with Crippen molar-refractivity contribution >= 4 is 0 Å². The Labute approximate surface area is 83.4 Å². The molecule has 0 saturated heterocycles. The highest BCUT2D eigenvalue weighted by Gasteiger charge is 2.04. The first-order chi connectivity index (χ1) is 6.76. The predicted molar refractivity (Wildman–Crippen MR) is 52.5 cm³/mol. The average molecular weight is 186 g/mol. The van der Waals surface area contributed by atoms with Crippen LogP contribution in [0.25, 0.3) is 4.85 Å². The molecule has 1 aromatic rings. The molecule has 1 aromatic carbocycles. The molecule has 0 aliphatic carbocycles. The molecule has 0 saturated carbocycles. The van der Waals surface area contributed by atoms with Crippen LogP contribution in [0.2, 0.25) is 0 Å². The van der Waals surface area contributed by atoms with E-state index in [1.807, 2.05) is 12.1 Å². The fraction of sp³-hybridized carbons (Fsp3) is 0.273. The Balaban J connectivity index is 2.66. The highest BCUT2D eigenvalue weighted by atomic mass is 16.5. The normalized spacial score (nSPS) is 11.1. The first-order valence-corrected chi connectivity index (χ1v) is 4.25. The van der Waals surface area contributed by atoms with Crippen molar-refractivity contribution in [3.05, 3.63) is 41.2 Å². The van der Waals surface area contributed by atoms with E-state index >= 15 is 0 Å². The molecule has 0 heterocycles. The van der Waals surface area contributed by atoms with Gasteiger partial charge in [0.1, 0.15) is 5.75 Å². The molecule has 14 heavy (non-hydrogen) atoms. The third-order valence-electron chi connectivity index (χ3n) is 1.69. The van der Waals surface area contributed by atoms with Crippen LogP contribution in [0.3, 0.4) is 0 Å². The SMILES string of the molecule is [C-]#[N+]C(C)Oc1ccc(CC#N)cc1. The molecule has 0 spiro atoms. The second kappa shape index (κ2) is 4.89. The van der Waals surface area contributed by atoms with Crippen LogP contribution >= 0.6 is 0 Å². The summed E-state index contributed by atoms with van der Waals surface area (Å²) in [7, 11) is 0. The van der Waals surface area contributed by atoms with E-state index in [-0.39, 0.29) is 0 Å². The van der Waals surface area contributed by atoms with Gasteiger partial charge in [0.25, 0.3) is 0 Å². The maximum Gasteiger partial charge on any atom is 0.363 e. The third kappa shape index (κ3) is 2.80. The molecule has 3 heteroatoms. The first-order valence-electron chi connectivity index (χ1n) is 4.25. The van der Waals surface area contributed by atoms with E-state index < -0.39 is 6.23 Å². The molecule has 1 unspecified atom stereocenters. The van der Waals surface area contributed by atoms with E-state index in [4.69, 9.17) is 16.6 Å². The molecule has 70 valence electrons. The summed E-state index contributed by atoms with van der Waals surface area (Å²) in [6.45, 7) is 8.41. The lowest BCUT2D eigenvalue weighted by Gasteiger charge is -2.04. The zero-order valence-electron chi connectivity index (χ0n) is 7.90. The summed E-state index contributed by atoms with van der Waals surface area (Å²) in [6, 6.07) is 9.27. The smallest absolute Gasteiger partial charge is 0.363 e. The van der Waals surface area contributed by atoms with Crippen molar-refractivity contribution in [3.8, 4) is 11.8 Å². The minimum atomic E-state index is -0.461. The molecule has 0 bridgehead atoms. The van der Waals surface area contributed by atoms with Crippen molar-refractivity contribution < 1.29 is 4.74 Å². The van der Waals surface area contributed by atoms with Crippen molar-refractivity contribution in [2.75, 3.05) is 0 Å². The Morgan fingerprint density at radius 1 is 1.50 bits per heavy atom. The molecule has 1 rings (SSSR count). The molecule has 0 radical (unpaired) electrons. The van der Waals surface area contributed by atoms with E-state index in [0.717, 1.165) is 5.56 Å². The summed E-state index contributed by atoms with van der Waals surface area (Å²) in [6.07, 6.45) is -0.0598. The van der Waals surface area contributed by atoms with Crippen LogP contribution in [0.1, 0.15) is 12.5 Å². The fourth-order valence-corrected chi connectivity index (χ4v) is 1.00. The lowest BCUT2D eigenvalue weighted by Crippen LogP contribution is -2.05. The largest absolute Gasteiger partial charge is 0.424 e. The molecular weight excluding hydrogens is 176 g/mol. The average Bonchev–Trinajstić information content (AvgIpc) is 2.21. The number of hydrogen-bond donors (Lipinski definition) is 0. The van der Waals surface area contributed by atoms with E-state index in [1.54, 1.807) is 19.1 Å². The van der Waals surface area contributed by atoms with Gasteiger partial charge >= 0.3 is 6.23 Å². The predicted octanol–water partition coefficient (Wildman–Crippen LogP) is 2.40. The van der Waals surface area contributed by atoms with E-state index in [0.29, 0.717) is 12.2 Å². The highest BCUT2D eigenvalue weighted by Crippen LogP contribution is 2.14. The number of ether oxygens (including phenoxy) is 1. The van der Waals surface area contributed by atoms with Crippen molar-refractivity contribution in [1.29, 1.82) is 5.26 Å². The van der Waals surface area contributed by atoms with E-state index in [9.17, 15) is 0 Å². The van der Waals surface area contributed by atoms with Gasteiger partial charge in [0, 0.05) is 0 Å². The summed E-state index contributed by atoms with van der Waals surface area (Å²) in [5.74, 6) is 0.662. The summed E-state index contributed by atoms with van der Waals surface area (Å²) < 4.78 is 5.26. The Morgan fingerprint density at radius 2 is 2.14 bits per heavy atom. The van der Waals surface area contributed by atoms with Gasteiger partial charge in [-0.05, 0) is 17.7 Å². The zero-order valence-corrected chi connectivity index (χ0v) is 7.90. The van der Waals surface area contributed by atoms with Crippen LogP contribution < -0.4 is 4.74 Å². The minimum absolute atomic E-state index is 0.401. The van der Waals surface area contributed by atoms with E-state index in [2.05, 4.69) is 10.9 Å². The molecule has 0 amide bonds. The van der Waals surface area contributed by atoms with Crippen LogP contribution in [0.15, 0.2) is 24.3 Å². The van der Waals surface area contributed by atoms with Crippen molar-refractivity contribution in [1.82, 2.24) is 0 Å². The lowest BCUT2D eigenvalue weighted by atomic mass is 10.2. The number of nitriles is 1. The van der Waals surface area contributed by atoms with Crippen LogP contribution in [0.4, 0.5) is 0 Å². The van der Waals surface area contributed by atoms with Crippen LogP contribution in [-0.2, 0) is 6.42 Å². The summed E-state index contributed by atoms with van der Waals surface area (Å²) in [5.41, 5.74) is 0.954. The molecular formula is C11H10N2O. The maximum absolute atomic E-state index is 8.45. The van der Waals surface area contributed by atoms with Crippen molar-refractivity contribution in [3.63, 3.8) is 0 Å². The van der Waals surface area contributed by atoms with Crippen LogP contribution in [-0.4, -0.2) is 6.23 Å². The van der Waals surface area contributed by atoms with Crippen LogP contribution in [0.5, 0.6) is 5.75 Å². The molecule has 0 N–H and O–H groups in total. The maximum atomic E-state index is 8.45.